The lowest BCUT2D eigenvalue weighted by atomic mass is 9.97. The number of likely N-dealkylation sites (tertiary alicyclic amines) is 2. The minimum atomic E-state index is 0.664. The van der Waals surface area contributed by atoms with E-state index in [0.717, 1.165) is 12.6 Å². The van der Waals surface area contributed by atoms with Crippen LogP contribution < -0.4 is 5.73 Å². The Morgan fingerprint density at radius 1 is 1.00 bits per heavy atom. The van der Waals surface area contributed by atoms with Gasteiger partial charge in [-0.2, -0.15) is 0 Å². The summed E-state index contributed by atoms with van der Waals surface area (Å²) in [5.41, 5.74) is 5.88. The lowest BCUT2D eigenvalue weighted by molar-refractivity contribution is 0.115. The van der Waals surface area contributed by atoms with Crippen molar-refractivity contribution in [3.05, 3.63) is 0 Å². The van der Waals surface area contributed by atoms with E-state index in [9.17, 15) is 0 Å². The largest absolute Gasteiger partial charge is 0.329 e. The van der Waals surface area contributed by atoms with Crippen LogP contribution in [0.4, 0.5) is 0 Å². The summed E-state index contributed by atoms with van der Waals surface area (Å²) in [5.74, 6) is 0. The predicted octanol–water partition coefficient (Wildman–Crippen LogP) is 1.67. The molecule has 17 heavy (non-hydrogen) atoms. The molecule has 0 amide bonds. The van der Waals surface area contributed by atoms with Gasteiger partial charge in [0.2, 0.25) is 0 Å². The van der Waals surface area contributed by atoms with Gasteiger partial charge in [0.25, 0.3) is 0 Å². The molecule has 0 aromatic carbocycles. The van der Waals surface area contributed by atoms with E-state index in [0.29, 0.717) is 6.04 Å². The topological polar surface area (TPSA) is 32.5 Å². The standard InChI is InChI=1S/C14H29N3/c1-16-9-4-2-6-13(16)8-11-17-10-5-3-7-14(17)12-15/h13-14H,2-12,15H2,1H3. The van der Waals surface area contributed by atoms with Crippen molar-refractivity contribution in [3.8, 4) is 0 Å². The molecule has 0 radical (unpaired) electrons. The van der Waals surface area contributed by atoms with Crippen molar-refractivity contribution >= 4 is 0 Å². The van der Waals surface area contributed by atoms with E-state index >= 15 is 0 Å². The second-order valence-corrected chi connectivity index (χ2v) is 5.84. The monoisotopic (exact) mass is 239 g/mol. The SMILES string of the molecule is CN1CCCCC1CCN1CCCCC1CN. The summed E-state index contributed by atoms with van der Waals surface area (Å²) >= 11 is 0. The van der Waals surface area contributed by atoms with E-state index in [1.807, 2.05) is 0 Å². The fraction of sp³-hybridized carbons (Fsp3) is 1.00. The highest BCUT2D eigenvalue weighted by molar-refractivity contribution is 4.81. The number of piperidine rings is 2. The molecule has 100 valence electrons. The molecule has 2 unspecified atom stereocenters. The van der Waals surface area contributed by atoms with Crippen LogP contribution in [0.2, 0.25) is 0 Å². The number of nitrogens with two attached hydrogens (primary N) is 1. The summed E-state index contributed by atoms with van der Waals surface area (Å²) < 4.78 is 0. The Labute approximate surface area is 106 Å². The first-order valence-corrected chi connectivity index (χ1v) is 7.45. The van der Waals surface area contributed by atoms with Gasteiger partial charge in [0.1, 0.15) is 0 Å². The summed E-state index contributed by atoms with van der Waals surface area (Å²) in [5, 5.41) is 0. The van der Waals surface area contributed by atoms with Crippen molar-refractivity contribution in [3.63, 3.8) is 0 Å². The summed E-state index contributed by atoms with van der Waals surface area (Å²) in [6.07, 6.45) is 9.62. The van der Waals surface area contributed by atoms with Crippen LogP contribution in [0.15, 0.2) is 0 Å². The van der Waals surface area contributed by atoms with Gasteiger partial charge in [0, 0.05) is 18.6 Å². The Hall–Kier alpha value is -0.120. The van der Waals surface area contributed by atoms with E-state index in [-0.39, 0.29) is 0 Å². The average Bonchev–Trinajstić information content (AvgIpc) is 2.38. The molecule has 2 N–H and O–H groups in total. The highest BCUT2D eigenvalue weighted by Crippen LogP contribution is 2.21. The third kappa shape index (κ3) is 3.67. The molecule has 3 nitrogen and oxygen atoms in total. The summed E-state index contributed by atoms with van der Waals surface area (Å²) in [4.78, 5) is 5.21. The van der Waals surface area contributed by atoms with Crippen molar-refractivity contribution in [1.29, 1.82) is 0 Å². The second kappa shape index (κ2) is 6.72. The van der Waals surface area contributed by atoms with Crippen molar-refractivity contribution in [1.82, 2.24) is 9.80 Å². The van der Waals surface area contributed by atoms with E-state index in [1.54, 1.807) is 0 Å². The third-order valence-electron chi connectivity index (χ3n) is 4.69. The molecule has 3 heteroatoms. The highest BCUT2D eigenvalue weighted by atomic mass is 15.2. The normalized spacial score (nSPS) is 32.8. The molecule has 0 aliphatic carbocycles. The number of nitrogens with zero attached hydrogens (tertiary/aromatic N) is 2. The average molecular weight is 239 g/mol. The molecule has 2 aliphatic rings. The van der Waals surface area contributed by atoms with Crippen molar-refractivity contribution in [2.75, 3.05) is 33.2 Å². The summed E-state index contributed by atoms with van der Waals surface area (Å²) in [6, 6.07) is 1.49. The van der Waals surface area contributed by atoms with Gasteiger partial charge in [-0.3, -0.25) is 4.90 Å². The Bertz CT molecular complexity index is 220. The van der Waals surface area contributed by atoms with Gasteiger partial charge in [0.15, 0.2) is 0 Å². The second-order valence-electron chi connectivity index (χ2n) is 5.84. The maximum absolute atomic E-state index is 5.88. The quantitative estimate of drug-likeness (QED) is 0.810. The van der Waals surface area contributed by atoms with E-state index < -0.39 is 0 Å². The molecule has 0 spiro atoms. The zero-order chi connectivity index (χ0) is 12.1. The lowest BCUT2D eigenvalue weighted by Gasteiger charge is -2.38. The molecule has 2 rings (SSSR count). The molecular weight excluding hydrogens is 210 g/mol. The fourth-order valence-corrected chi connectivity index (χ4v) is 3.45. The molecule has 0 bridgehead atoms. The molecule has 2 fully saturated rings. The molecular formula is C14H29N3. The minimum absolute atomic E-state index is 0.664. The minimum Gasteiger partial charge on any atom is -0.329 e. The van der Waals surface area contributed by atoms with E-state index in [2.05, 4.69) is 16.8 Å². The third-order valence-corrected chi connectivity index (χ3v) is 4.69. The van der Waals surface area contributed by atoms with Crippen molar-refractivity contribution < 1.29 is 0 Å². The van der Waals surface area contributed by atoms with Gasteiger partial charge in [-0.1, -0.05) is 12.8 Å². The van der Waals surface area contributed by atoms with Crippen LogP contribution in [-0.4, -0.2) is 55.1 Å². The Morgan fingerprint density at radius 3 is 2.41 bits per heavy atom. The first-order chi connectivity index (χ1) is 8.31. The van der Waals surface area contributed by atoms with Crippen LogP contribution in [0.5, 0.6) is 0 Å². The maximum atomic E-state index is 5.88. The number of rotatable bonds is 4. The van der Waals surface area contributed by atoms with Gasteiger partial charge in [0.05, 0.1) is 0 Å². The lowest BCUT2D eigenvalue weighted by Crippen LogP contribution is -2.46. The predicted molar refractivity (Wildman–Crippen MR) is 73.2 cm³/mol. The van der Waals surface area contributed by atoms with Gasteiger partial charge < -0.3 is 10.6 Å². The fourth-order valence-electron chi connectivity index (χ4n) is 3.45. The van der Waals surface area contributed by atoms with Gasteiger partial charge >= 0.3 is 0 Å². The van der Waals surface area contributed by atoms with Crippen LogP contribution in [0.1, 0.15) is 44.9 Å². The van der Waals surface area contributed by atoms with Crippen LogP contribution in [0.3, 0.4) is 0 Å². The molecule has 2 atom stereocenters. The Kier molecular flexibility index (Phi) is 5.26. The Balaban J connectivity index is 1.75. The molecule has 0 aromatic heterocycles. The first kappa shape index (κ1) is 13.3. The van der Waals surface area contributed by atoms with Crippen LogP contribution in [0, 0.1) is 0 Å². The van der Waals surface area contributed by atoms with Gasteiger partial charge in [-0.15, -0.1) is 0 Å². The maximum Gasteiger partial charge on any atom is 0.0218 e. The molecule has 2 heterocycles. The van der Waals surface area contributed by atoms with Crippen LogP contribution in [-0.2, 0) is 0 Å². The summed E-state index contributed by atoms with van der Waals surface area (Å²) in [6.45, 7) is 4.68. The van der Waals surface area contributed by atoms with Gasteiger partial charge in [-0.25, -0.2) is 0 Å². The first-order valence-electron chi connectivity index (χ1n) is 7.45. The molecule has 0 aromatic rings. The Morgan fingerprint density at radius 2 is 1.71 bits per heavy atom. The molecule has 0 saturated carbocycles. The van der Waals surface area contributed by atoms with Gasteiger partial charge in [-0.05, 0) is 58.8 Å². The van der Waals surface area contributed by atoms with Crippen molar-refractivity contribution in [2.24, 2.45) is 5.73 Å². The van der Waals surface area contributed by atoms with E-state index in [4.69, 9.17) is 5.73 Å². The number of hydrogen-bond acceptors (Lipinski definition) is 3. The highest BCUT2D eigenvalue weighted by Gasteiger charge is 2.24. The van der Waals surface area contributed by atoms with E-state index in [1.165, 1.54) is 64.6 Å². The number of hydrogen-bond donors (Lipinski definition) is 1. The molecule has 2 saturated heterocycles. The smallest absolute Gasteiger partial charge is 0.0218 e. The zero-order valence-corrected chi connectivity index (χ0v) is 11.4. The zero-order valence-electron chi connectivity index (χ0n) is 11.4. The molecule has 2 aliphatic heterocycles. The van der Waals surface area contributed by atoms with Crippen LogP contribution in [0.25, 0.3) is 0 Å². The summed E-state index contributed by atoms with van der Waals surface area (Å²) in [7, 11) is 2.29. The van der Waals surface area contributed by atoms with Crippen LogP contribution >= 0.6 is 0 Å². The van der Waals surface area contributed by atoms with Crippen molar-refractivity contribution in [2.45, 2.75) is 57.0 Å².